The second kappa shape index (κ2) is 13.4. The fraction of sp³-hybridized carbons (Fsp3) is 0. The maximum atomic E-state index is 6.34. The average Bonchev–Trinajstić information content (AvgIpc) is 3.64. The number of fused-ring (bicyclic) bond motifs is 4. The lowest BCUT2D eigenvalue weighted by Crippen LogP contribution is -2.11. The first-order chi connectivity index (χ1) is 26.8. The first-order valence-electron chi connectivity index (χ1n) is 18.4. The van der Waals surface area contributed by atoms with Crippen LogP contribution < -0.4 is 4.90 Å². The van der Waals surface area contributed by atoms with Crippen molar-refractivity contribution in [1.29, 1.82) is 0 Å². The second-order valence-corrected chi connectivity index (χ2v) is 13.7. The van der Waals surface area contributed by atoms with E-state index in [0.29, 0.717) is 0 Å². The van der Waals surface area contributed by atoms with E-state index < -0.39 is 0 Å². The van der Waals surface area contributed by atoms with E-state index in [2.05, 4.69) is 205 Å². The van der Waals surface area contributed by atoms with E-state index in [1.807, 2.05) is 12.1 Å². The molecule has 0 aliphatic rings. The number of hydrogen-bond acceptors (Lipinski definition) is 2. The number of nitrogens with zero attached hydrogens (tertiary/aromatic N) is 1. The molecular formula is C52H35NO. The first kappa shape index (κ1) is 31.6. The van der Waals surface area contributed by atoms with Gasteiger partial charge in [0.05, 0.1) is 5.69 Å². The molecule has 0 saturated heterocycles. The molecule has 10 rings (SSSR count). The maximum absolute atomic E-state index is 6.34. The van der Waals surface area contributed by atoms with Crippen molar-refractivity contribution in [2.24, 2.45) is 0 Å². The third kappa shape index (κ3) is 5.62. The Kier molecular flexibility index (Phi) is 7.85. The summed E-state index contributed by atoms with van der Waals surface area (Å²) in [6.45, 7) is 0. The lowest BCUT2D eigenvalue weighted by atomic mass is 9.96. The molecule has 0 N–H and O–H groups in total. The Labute approximate surface area is 314 Å². The molecule has 0 unspecified atom stereocenters. The number of benzene rings is 9. The van der Waals surface area contributed by atoms with Crippen molar-refractivity contribution in [1.82, 2.24) is 0 Å². The van der Waals surface area contributed by atoms with Crippen LogP contribution in [0.15, 0.2) is 217 Å². The summed E-state index contributed by atoms with van der Waals surface area (Å²) in [5.74, 6) is 0. The second-order valence-electron chi connectivity index (χ2n) is 13.7. The minimum absolute atomic E-state index is 0.886. The van der Waals surface area contributed by atoms with Gasteiger partial charge in [0.1, 0.15) is 11.2 Å². The molecule has 0 fully saturated rings. The minimum atomic E-state index is 0.886. The lowest BCUT2D eigenvalue weighted by Gasteiger charge is -2.28. The molecule has 0 spiro atoms. The van der Waals surface area contributed by atoms with Gasteiger partial charge in [-0.05, 0) is 92.2 Å². The van der Waals surface area contributed by atoms with E-state index >= 15 is 0 Å². The largest absolute Gasteiger partial charge is 0.456 e. The van der Waals surface area contributed by atoms with Crippen LogP contribution in [-0.2, 0) is 0 Å². The molecule has 2 heteroatoms. The molecule has 0 radical (unpaired) electrons. The van der Waals surface area contributed by atoms with Gasteiger partial charge in [0.2, 0.25) is 0 Å². The predicted molar refractivity (Wildman–Crippen MR) is 228 cm³/mol. The molecule has 2 nitrogen and oxygen atoms in total. The quantitative estimate of drug-likeness (QED) is 0.166. The number of rotatable bonds is 7. The summed E-state index contributed by atoms with van der Waals surface area (Å²) in [7, 11) is 0. The molecule has 54 heavy (non-hydrogen) atoms. The normalized spacial score (nSPS) is 11.3. The third-order valence-electron chi connectivity index (χ3n) is 10.5. The van der Waals surface area contributed by atoms with Crippen LogP contribution in [0.4, 0.5) is 17.1 Å². The summed E-state index contributed by atoms with van der Waals surface area (Å²) in [4.78, 5) is 2.38. The van der Waals surface area contributed by atoms with Gasteiger partial charge in [-0.1, -0.05) is 170 Å². The van der Waals surface area contributed by atoms with Crippen LogP contribution in [0.5, 0.6) is 0 Å². The molecule has 1 heterocycles. The molecule has 0 aliphatic carbocycles. The summed E-state index contributed by atoms with van der Waals surface area (Å²) in [6, 6.07) is 75.9. The monoisotopic (exact) mass is 689 g/mol. The SMILES string of the molecule is c1ccc(-c2ccc(-c3ccc(N(c4ccc(-c5cccc6ccccc56)cc4)c4ccccc4-c4cccc5oc6ccccc6c45)cc3)cc2)cc1. The number of furan rings is 1. The number of anilines is 3. The zero-order valence-electron chi connectivity index (χ0n) is 29.6. The van der Waals surface area contributed by atoms with Crippen LogP contribution in [-0.4, -0.2) is 0 Å². The van der Waals surface area contributed by atoms with E-state index in [1.54, 1.807) is 0 Å². The van der Waals surface area contributed by atoms with Crippen molar-refractivity contribution in [2.45, 2.75) is 0 Å². The van der Waals surface area contributed by atoms with E-state index in [4.69, 9.17) is 4.42 Å². The topological polar surface area (TPSA) is 16.4 Å². The van der Waals surface area contributed by atoms with Crippen LogP contribution >= 0.6 is 0 Å². The fourth-order valence-corrected chi connectivity index (χ4v) is 7.88. The van der Waals surface area contributed by atoms with Gasteiger partial charge < -0.3 is 9.32 Å². The highest BCUT2D eigenvalue weighted by molar-refractivity contribution is 6.14. The highest BCUT2D eigenvalue weighted by atomic mass is 16.3. The van der Waals surface area contributed by atoms with Crippen LogP contribution in [0, 0.1) is 0 Å². The van der Waals surface area contributed by atoms with Gasteiger partial charge in [0.15, 0.2) is 0 Å². The minimum Gasteiger partial charge on any atom is -0.456 e. The molecule has 1 aromatic heterocycles. The van der Waals surface area contributed by atoms with Gasteiger partial charge in [-0.3, -0.25) is 0 Å². The number of hydrogen-bond donors (Lipinski definition) is 0. The Morgan fingerprint density at radius 3 is 1.52 bits per heavy atom. The van der Waals surface area contributed by atoms with Crippen molar-refractivity contribution in [3.63, 3.8) is 0 Å². The zero-order valence-corrected chi connectivity index (χ0v) is 29.6. The third-order valence-corrected chi connectivity index (χ3v) is 10.5. The lowest BCUT2D eigenvalue weighted by molar-refractivity contribution is 0.669. The van der Waals surface area contributed by atoms with Crippen molar-refractivity contribution in [3.8, 4) is 44.5 Å². The first-order valence-corrected chi connectivity index (χ1v) is 18.4. The molecule has 254 valence electrons. The highest BCUT2D eigenvalue weighted by Crippen LogP contribution is 2.45. The zero-order chi connectivity index (χ0) is 35.8. The molecule has 10 aromatic rings. The van der Waals surface area contributed by atoms with Crippen molar-refractivity contribution in [2.75, 3.05) is 4.90 Å². The summed E-state index contributed by atoms with van der Waals surface area (Å²) in [5.41, 5.74) is 14.5. The number of para-hydroxylation sites is 2. The van der Waals surface area contributed by atoms with Gasteiger partial charge in [-0.25, -0.2) is 0 Å². The summed E-state index contributed by atoms with van der Waals surface area (Å²) in [6.07, 6.45) is 0. The molecular weight excluding hydrogens is 655 g/mol. The van der Waals surface area contributed by atoms with E-state index in [1.165, 1.54) is 44.2 Å². The van der Waals surface area contributed by atoms with Gasteiger partial charge in [-0.15, -0.1) is 0 Å². The smallest absolute Gasteiger partial charge is 0.136 e. The maximum Gasteiger partial charge on any atom is 0.136 e. The van der Waals surface area contributed by atoms with Crippen LogP contribution in [0.3, 0.4) is 0 Å². The van der Waals surface area contributed by atoms with Gasteiger partial charge >= 0.3 is 0 Å². The molecule has 0 atom stereocenters. The molecule has 0 bridgehead atoms. The predicted octanol–water partition coefficient (Wildman–Crippen LogP) is 14.9. The Hall–Kier alpha value is -7.16. The van der Waals surface area contributed by atoms with Gasteiger partial charge in [0, 0.05) is 27.7 Å². The van der Waals surface area contributed by atoms with Crippen molar-refractivity contribution in [3.05, 3.63) is 212 Å². The molecule has 0 saturated carbocycles. The van der Waals surface area contributed by atoms with Crippen molar-refractivity contribution >= 4 is 49.8 Å². The van der Waals surface area contributed by atoms with Crippen LogP contribution in [0.2, 0.25) is 0 Å². The summed E-state index contributed by atoms with van der Waals surface area (Å²) in [5, 5.41) is 4.74. The fourth-order valence-electron chi connectivity index (χ4n) is 7.88. The Balaban J connectivity index is 1.10. The summed E-state index contributed by atoms with van der Waals surface area (Å²) >= 11 is 0. The molecule has 0 aliphatic heterocycles. The van der Waals surface area contributed by atoms with E-state index in [0.717, 1.165) is 50.1 Å². The van der Waals surface area contributed by atoms with E-state index in [-0.39, 0.29) is 0 Å². The van der Waals surface area contributed by atoms with Crippen LogP contribution in [0.1, 0.15) is 0 Å². The highest BCUT2D eigenvalue weighted by Gasteiger charge is 2.20. The molecule has 9 aromatic carbocycles. The average molecular weight is 690 g/mol. The van der Waals surface area contributed by atoms with E-state index in [9.17, 15) is 0 Å². The molecule has 0 amide bonds. The van der Waals surface area contributed by atoms with Gasteiger partial charge in [-0.2, -0.15) is 0 Å². The van der Waals surface area contributed by atoms with Crippen LogP contribution in [0.25, 0.3) is 77.2 Å². The Bertz CT molecular complexity index is 2900. The Morgan fingerprint density at radius 1 is 0.296 bits per heavy atom. The van der Waals surface area contributed by atoms with Crippen molar-refractivity contribution < 1.29 is 4.42 Å². The Morgan fingerprint density at radius 2 is 0.778 bits per heavy atom. The standard InChI is InChI=1S/C52H35NO/c1-2-12-36(13-3-1)37-24-26-38(27-25-37)39-28-32-42(33-29-39)53(43-34-30-41(31-35-43)45-19-10-15-40-14-4-5-16-44(40)45)49-21-8-6-17-46(49)47-20-11-23-51-52(47)48-18-7-9-22-50(48)54-51/h1-35H. The summed E-state index contributed by atoms with van der Waals surface area (Å²) < 4.78 is 6.34. The van der Waals surface area contributed by atoms with Gasteiger partial charge in [0.25, 0.3) is 0 Å².